The van der Waals surface area contributed by atoms with Crippen molar-refractivity contribution in [1.29, 1.82) is 0 Å². The molecule has 3 fully saturated rings. The van der Waals surface area contributed by atoms with Gasteiger partial charge in [-0.15, -0.1) is 0 Å². The number of anilines is 1. The molecule has 92 valence electrons. The van der Waals surface area contributed by atoms with E-state index in [1.54, 1.807) is 0 Å². The summed E-state index contributed by atoms with van der Waals surface area (Å²) in [5.41, 5.74) is 1.35. The Hall–Kier alpha value is -1.12. The molecule has 1 saturated carbocycles. The van der Waals surface area contributed by atoms with E-state index in [1.807, 2.05) is 12.4 Å². The van der Waals surface area contributed by atoms with Crippen molar-refractivity contribution in [3.8, 4) is 0 Å². The van der Waals surface area contributed by atoms with Crippen molar-refractivity contribution < 1.29 is 0 Å². The minimum atomic E-state index is 0.141. The van der Waals surface area contributed by atoms with Crippen LogP contribution >= 0.6 is 0 Å². The molecule has 0 amide bonds. The molecule has 3 heterocycles. The van der Waals surface area contributed by atoms with Crippen molar-refractivity contribution in [2.75, 3.05) is 18.0 Å². The van der Waals surface area contributed by atoms with Crippen molar-refractivity contribution in [2.24, 2.45) is 11.8 Å². The zero-order valence-corrected chi connectivity index (χ0v) is 11.0. The first kappa shape index (κ1) is 11.0. The summed E-state index contributed by atoms with van der Waals surface area (Å²) in [4.78, 5) is 11.4. The quantitative estimate of drug-likeness (QED) is 0.744. The van der Waals surface area contributed by atoms with Crippen molar-refractivity contribution in [2.45, 2.75) is 39.0 Å². The van der Waals surface area contributed by atoms with E-state index in [1.165, 1.54) is 18.4 Å². The number of nitrogens with zero attached hydrogens (tertiary/aromatic N) is 3. The van der Waals surface area contributed by atoms with Gasteiger partial charge in [0.15, 0.2) is 0 Å². The molecule has 3 nitrogen and oxygen atoms in total. The lowest BCUT2D eigenvalue weighted by Gasteiger charge is -2.47. The van der Waals surface area contributed by atoms with E-state index in [0.29, 0.717) is 0 Å². The Bertz CT molecular complexity index is 388. The number of hydrogen-bond acceptors (Lipinski definition) is 3. The molecule has 0 aromatic carbocycles. The van der Waals surface area contributed by atoms with Crippen LogP contribution in [0.25, 0.3) is 0 Å². The number of hydrogen-bond donors (Lipinski definition) is 0. The maximum atomic E-state index is 4.54. The molecule has 0 radical (unpaired) electrons. The number of aromatic nitrogens is 2. The lowest BCUT2D eigenvalue weighted by Crippen LogP contribution is -2.49. The molecule has 0 N–H and O–H groups in total. The highest BCUT2D eigenvalue weighted by Gasteiger charge is 2.37. The monoisotopic (exact) mass is 231 g/mol. The van der Waals surface area contributed by atoms with E-state index in [9.17, 15) is 0 Å². The van der Waals surface area contributed by atoms with Gasteiger partial charge in [-0.25, -0.2) is 9.97 Å². The average Bonchev–Trinajstić information content (AvgIpc) is 2.27. The van der Waals surface area contributed by atoms with Crippen LogP contribution < -0.4 is 4.90 Å². The van der Waals surface area contributed by atoms with Crippen LogP contribution in [0, 0.1) is 11.8 Å². The number of rotatable bonds is 1. The van der Waals surface area contributed by atoms with E-state index in [-0.39, 0.29) is 5.41 Å². The first-order chi connectivity index (χ1) is 8.02. The van der Waals surface area contributed by atoms with Crippen molar-refractivity contribution >= 4 is 5.95 Å². The predicted octanol–water partition coefficient (Wildman–Crippen LogP) is 2.62. The SMILES string of the molecule is CC(C)(C)c1cnc(N2CC3CC(C3)C2)nc1. The van der Waals surface area contributed by atoms with E-state index >= 15 is 0 Å². The van der Waals surface area contributed by atoms with Gasteiger partial charge in [0.05, 0.1) is 0 Å². The highest BCUT2D eigenvalue weighted by Crippen LogP contribution is 2.40. The summed E-state index contributed by atoms with van der Waals surface area (Å²) in [6, 6.07) is 0. The van der Waals surface area contributed by atoms with Gasteiger partial charge in [-0.3, -0.25) is 0 Å². The van der Waals surface area contributed by atoms with Crippen molar-refractivity contribution in [1.82, 2.24) is 9.97 Å². The van der Waals surface area contributed by atoms with Gasteiger partial charge in [-0.2, -0.15) is 0 Å². The molecule has 1 aliphatic carbocycles. The average molecular weight is 231 g/mol. The molecule has 0 atom stereocenters. The van der Waals surface area contributed by atoms with Gasteiger partial charge in [-0.05, 0) is 35.7 Å². The third kappa shape index (κ3) is 2.03. The Morgan fingerprint density at radius 2 is 1.59 bits per heavy atom. The lowest BCUT2D eigenvalue weighted by molar-refractivity contribution is 0.157. The van der Waals surface area contributed by atoms with E-state index in [0.717, 1.165) is 30.9 Å². The van der Waals surface area contributed by atoms with Gasteiger partial charge in [-0.1, -0.05) is 20.8 Å². The fraction of sp³-hybridized carbons (Fsp3) is 0.714. The third-order valence-corrected chi connectivity index (χ3v) is 4.08. The zero-order chi connectivity index (χ0) is 12.0. The summed E-state index contributed by atoms with van der Waals surface area (Å²) >= 11 is 0. The summed E-state index contributed by atoms with van der Waals surface area (Å²) in [7, 11) is 0. The second kappa shape index (κ2) is 3.69. The number of fused-ring (bicyclic) bond motifs is 2. The molecule has 0 spiro atoms. The first-order valence-electron chi connectivity index (χ1n) is 6.60. The fourth-order valence-electron chi connectivity index (χ4n) is 2.90. The van der Waals surface area contributed by atoms with Gasteiger partial charge in [0.25, 0.3) is 0 Å². The summed E-state index contributed by atoms with van der Waals surface area (Å²) < 4.78 is 0. The molecular weight excluding hydrogens is 210 g/mol. The Labute approximate surface area is 103 Å². The Morgan fingerprint density at radius 1 is 1.06 bits per heavy atom. The molecule has 1 aromatic heterocycles. The zero-order valence-electron chi connectivity index (χ0n) is 11.0. The van der Waals surface area contributed by atoms with Crippen LogP contribution in [0.1, 0.15) is 39.2 Å². The maximum absolute atomic E-state index is 4.54. The molecule has 4 rings (SSSR count). The molecule has 2 saturated heterocycles. The van der Waals surface area contributed by atoms with Gasteiger partial charge < -0.3 is 4.90 Å². The van der Waals surface area contributed by atoms with Gasteiger partial charge in [0.2, 0.25) is 5.95 Å². The van der Waals surface area contributed by atoms with Crippen LogP contribution in [0.15, 0.2) is 12.4 Å². The Morgan fingerprint density at radius 3 is 2.06 bits per heavy atom. The largest absolute Gasteiger partial charge is 0.340 e. The predicted molar refractivity (Wildman–Crippen MR) is 69.2 cm³/mol. The second-order valence-electron chi connectivity index (χ2n) is 6.63. The summed E-state index contributed by atoms with van der Waals surface area (Å²) in [5.74, 6) is 2.73. The van der Waals surface area contributed by atoms with Gasteiger partial charge in [0, 0.05) is 25.5 Å². The van der Waals surface area contributed by atoms with Crippen LogP contribution in [0.2, 0.25) is 0 Å². The van der Waals surface area contributed by atoms with Crippen LogP contribution in [-0.2, 0) is 5.41 Å². The molecular formula is C14H21N3. The fourth-order valence-corrected chi connectivity index (χ4v) is 2.90. The molecule has 1 aromatic rings. The van der Waals surface area contributed by atoms with Crippen LogP contribution in [-0.4, -0.2) is 23.1 Å². The second-order valence-corrected chi connectivity index (χ2v) is 6.63. The normalized spacial score (nSPS) is 27.8. The molecule has 3 heteroatoms. The standard InChI is InChI=1S/C14H21N3/c1-14(2,3)12-6-15-13(16-7-12)17-8-10-4-11(5-10)9-17/h6-7,10-11H,4-5,8-9H2,1-3H3. The van der Waals surface area contributed by atoms with E-state index in [2.05, 4.69) is 35.6 Å². The van der Waals surface area contributed by atoms with Crippen molar-refractivity contribution in [3.63, 3.8) is 0 Å². The van der Waals surface area contributed by atoms with Crippen LogP contribution in [0.4, 0.5) is 5.95 Å². The number of piperidine rings is 2. The van der Waals surface area contributed by atoms with E-state index < -0.39 is 0 Å². The lowest BCUT2D eigenvalue weighted by atomic mass is 9.71. The van der Waals surface area contributed by atoms with Crippen LogP contribution in [0.3, 0.4) is 0 Å². The summed E-state index contributed by atoms with van der Waals surface area (Å²) in [6.45, 7) is 8.90. The topological polar surface area (TPSA) is 29.0 Å². The molecule has 3 aliphatic rings. The van der Waals surface area contributed by atoms with Crippen LogP contribution in [0.5, 0.6) is 0 Å². The minimum Gasteiger partial charge on any atom is -0.340 e. The maximum Gasteiger partial charge on any atom is 0.225 e. The highest BCUT2D eigenvalue weighted by atomic mass is 15.3. The third-order valence-electron chi connectivity index (χ3n) is 4.08. The van der Waals surface area contributed by atoms with Gasteiger partial charge in [0.1, 0.15) is 0 Å². The first-order valence-corrected chi connectivity index (χ1v) is 6.60. The van der Waals surface area contributed by atoms with Gasteiger partial charge >= 0.3 is 0 Å². The molecule has 0 unspecified atom stereocenters. The molecule has 17 heavy (non-hydrogen) atoms. The summed E-state index contributed by atoms with van der Waals surface area (Å²) in [6.07, 6.45) is 6.83. The molecule has 2 bridgehead atoms. The Kier molecular flexibility index (Phi) is 2.39. The van der Waals surface area contributed by atoms with Crippen molar-refractivity contribution in [3.05, 3.63) is 18.0 Å². The van der Waals surface area contributed by atoms with E-state index in [4.69, 9.17) is 0 Å². The Balaban J connectivity index is 1.76. The summed E-state index contributed by atoms with van der Waals surface area (Å²) in [5, 5.41) is 0. The molecule has 2 aliphatic heterocycles. The minimum absolute atomic E-state index is 0.141. The smallest absolute Gasteiger partial charge is 0.225 e. The highest BCUT2D eigenvalue weighted by molar-refractivity contribution is 5.33.